The molecule has 0 saturated carbocycles. The van der Waals surface area contributed by atoms with Gasteiger partial charge >= 0.3 is 5.97 Å². The highest BCUT2D eigenvalue weighted by Gasteiger charge is 2.24. The monoisotopic (exact) mass is 406 g/mol. The number of nitrogens with two attached hydrogens (primary N) is 1. The number of nitrogens with zero attached hydrogens (tertiary/aromatic N) is 1. The van der Waals surface area contributed by atoms with Crippen molar-refractivity contribution in [3.63, 3.8) is 0 Å². The molecule has 0 fully saturated rings. The maximum atomic E-state index is 13.3. The number of hydrogen-bond donors (Lipinski definition) is 2. The Kier molecular flexibility index (Phi) is 5.05. The van der Waals surface area contributed by atoms with E-state index in [4.69, 9.17) is 10.5 Å². The average Bonchev–Trinajstić information content (AvgIpc) is 3.20. The van der Waals surface area contributed by atoms with Gasteiger partial charge < -0.3 is 15.6 Å². The molecule has 0 aliphatic rings. The van der Waals surface area contributed by atoms with Gasteiger partial charge in [0.1, 0.15) is 12.2 Å². The Morgan fingerprint density at radius 3 is 2.45 bits per heavy atom. The lowest BCUT2D eigenvalue weighted by Crippen LogP contribution is -2.25. The molecule has 2 aromatic carbocycles. The summed E-state index contributed by atoms with van der Waals surface area (Å²) in [6.45, 7) is 0.392. The van der Waals surface area contributed by atoms with Crippen molar-refractivity contribution in [1.82, 2.24) is 4.57 Å². The van der Waals surface area contributed by atoms with E-state index in [1.54, 1.807) is 28.1 Å². The van der Waals surface area contributed by atoms with Gasteiger partial charge in [0, 0.05) is 5.69 Å². The van der Waals surface area contributed by atoms with Crippen molar-refractivity contribution in [3.05, 3.63) is 93.1 Å². The second kappa shape index (κ2) is 7.81. The van der Waals surface area contributed by atoms with Crippen molar-refractivity contribution in [2.75, 3.05) is 5.73 Å². The summed E-state index contributed by atoms with van der Waals surface area (Å²) in [7, 11) is 0. The predicted molar refractivity (Wildman–Crippen MR) is 114 cm³/mol. The maximum absolute atomic E-state index is 13.3. The van der Waals surface area contributed by atoms with E-state index in [1.165, 1.54) is 11.3 Å². The number of hydrogen-bond acceptors (Lipinski definition) is 5. The summed E-state index contributed by atoms with van der Waals surface area (Å²) in [6, 6.07) is 18.3. The molecule has 6 nitrogen and oxygen atoms in total. The Hall–Kier alpha value is -3.58. The Bertz CT molecular complexity index is 1230. The van der Waals surface area contributed by atoms with E-state index < -0.39 is 11.5 Å². The van der Waals surface area contributed by atoms with E-state index in [2.05, 4.69) is 0 Å². The third-order valence-corrected chi connectivity index (χ3v) is 5.51. The van der Waals surface area contributed by atoms with E-state index >= 15 is 0 Å². The van der Waals surface area contributed by atoms with Crippen LogP contribution >= 0.6 is 11.3 Å². The first-order valence-electron chi connectivity index (χ1n) is 8.93. The number of thiophene rings is 1. The molecule has 4 rings (SSSR count). The minimum atomic E-state index is -1.18. The topological polar surface area (TPSA) is 94.5 Å². The molecule has 0 radical (unpaired) electrons. The molecule has 3 N–H and O–H groups in total. The molecule has 0 unspecified atom stereocenters. The summed E-state index contributed by atoms with van der Waals surface area (Å²) in [6.07, 6.45) is 0. The van der Waals surface area contributed by atoms with Crippen molar-refractivity contribution in [2.24, 2.45) is 0 Å². The van der Waals surface area contributed by atoms with E-state index in [-0.39, 0.29) is 24.5 Å². The minimum Gasteiger partial charge on any atom is -0.482 e. The smallest absolute Gasteiger partial charge is 0.341 e. The molecular weight excluding hydrogens is 388 g/mol. The minimum absolute atomic E-state index is 0.0931. The zero-order valence-corrected chi connectivity index (χ0v) is 16.2. The van der Waals surface area contributed by atoms with Crippen LogP contribution in [0.1, 0.15) is 21.5 Å². The summed E-state index contributed by atoms with van der Waals surface area (Å²) in [5.41, 5.74) is 8.11. The van der Waals surface area contributed by atoms with Crippen LogP contribution < -0.4 is 16.0 Å². The maximum Gasteiger partial charge on any atom is 0.341 e. The first-order chi connectivity index (χ1) is 14.0. The van der Waals surface area contributed by atoms with Gasteiger partial charge in [0.25, 0.3) is 5.56 Å². The largest absolute Gasteiger partial charge is 0.482 e. The lowest BCUT2D eigenvalue weighted by Gasteiger charge is -2.15. The van der Waals surface area contributed by atoms with Gasteiger partial charge in [-0.3, -0.25) is 9.36 Å². The molecule has 2 aromatic heterocycles. The molecule has 4 aromatic rings. The summed E-state index contributed by atoms with van der Waals surface area (Å²) < 4.78 is 7.82. The second-order valence-corrected chi connectivity index (χ2v) is 7.47. The predicted octanol–water partition coefficient (Wildman–Crippen LogP) is 3.97. The lowest BCUT2D eigenvalue weighted by atomic mass is 10.1. The highest BCUT2D eigenvalue weighted by atomic mass is 32.1. The van der Waals surface area contributed by atoms with Crippen LogP contribution in [-0.2, 0) is 13.2 Å². The average molecular weight is 406 g/mol. The summed E-state index contributed by atoms with van der Waals surface area (Å²) in [4.78, 5) is 25.2. The van der Waals surface area contributed by atoms with Gasteiger partial charge in [-0.05, 0) is 34.7 Å². The molecule has 29 heavy (non-hydrogen) atoms. The number of fused-ring (bicyclic) bond motifs is 1. The standard InChI is InChI=1S/C22H18N2O4S/c23-16-8-6-14(7-9-16)12-24-17-10-11-29-20(17)18(22(26)27)19(21(24)25)28-13-15-4-2-1-3-5-15/h1-11H,12-13,23H2,(H,26,27). The molecular formula is C22H18N2O4S. The Balaban J connectivity index is 1.83. The lowest BCUT2D eigenvalue weighted by molar-refractivity contribution is 0.0693. The molecule has 146 valence electrons. The number of ether oxygens (including phenoxy) is 1. The number of anilines is 1. The van der Waals surface area contributed by atoms with Gasteiger partial charge in [-0.1, -0.05) is 42.5 Å². The van der Waals surface area contributed by atoms with Gasteiger partial charge in [0.2, 0.25) is 5.75 Å². The fraction of sp³-hybridized carbons (Fsp3) is 0.0909. The van der Waals surface area contributed by atoms with Crippen LogP contribution in [-0.4, -0.2) is 15.6 Å². The fourth-order valence-corrected chi connectivity index (χ4v) is 4.09. The summed E-state index contributed by atoms with van der Waals surface area (Å²) >= 11 is 1.27. The second-order valence-electron chi connectivity index (χ2n) is 6.55. The zero-order valence-electron chi connectivity index (χ0n) is 15.4. The quantitative estimate of drug-likeness (QED) is 0.473. The highest BCUT2D eigenvalue weighted by molar-refractivity contribution is 7.17. The van der Waals surface area contributed by atoms with E-state index in [1.807, 2.05) is 42.5 Å². The number of aromatic nitrogens is 1. The molecule has 0 saturated heterocycles. The number of nitrogen functional groups attached to an aromatic ring is 1. The van der Waals surface area contributed by atoms with Crippen molar-refractivity contribution in [1.29, 1.82) is 0 Å². The number of carboxylic acid groups (broad SMARTS) is 1. The normalized spacial score (nSPS) is 10.9. The van der Waals surface area contributed by atoms with Crippen molar-refractivity contribution < 1.29 is 14.6 Å². The summed E-state index contributed by atoms with van der Waals surface area (Å²) in [5.74, 6) is -1.33. The Morgan fingerprint density at radius 1 is 1.03 bits per heavy atom. The first kappa shape index (κ1) is 18.8. The van der Waals surface area contributed by atoms with E-state index in [0.717, 1.165) is 11.1 Å². The SMILES string of the molecule is Nc1ccc(Cn2c(=O)c(OCc3ccccc3)c(C(=O)O)c3sccc32)cc1. The number of pyridine rings is 1. The number of rotatable bonds is 6. The fourth-order valence-electron chi connectivity index (χ4n) is 3.16. The number of benzene rings is 2. The van der Waals surface area contributed by atoms with Crippen molar-refractivity contribution >= 4 is 33.2 Å². The van der Waals surface area contributed by atoms with Crippen LogP contribution in [0, 0.1) is 0 Å². The van der Waals surface area contributed by atoms with E-state index in [0.29, 0.717) is 15.9 Å². The molecule has 0 spiro atoms. The first-order valence-corrected chi connectivity index (χ1v) is 9.81. The molecule has 0 aliphatic heterocycles. The third kappa shape index (κ3) is 3.72. The Morgan fingerprint density at radius 2 is 1.76 bits per heavy atom. The van der Waals surface area contributed by atoms with Crippen molar-refractivity contribution in [2.45, 2.75) is 13.2 Å². The van der Waals surface area contributed by atoms with Crippen LogP contribution in [0.5, 0.6) is 5.75 Å². The molecule has 0 bridgehead atoms. The zero-order chi connectivity index (χ0) is 20.4. The number of aromatic carboxylic acids is 1. The molecule has 2 heterocycles. The van der Waals surface area contributed by atoms with Gasteiger partial charge in [-0.25, -0.2) is 4.79 Å². The van der Waals surface area contributed by atoms with Gasteiger partial charge in [0.05, 0.1) is 16.8 Å². The molecule has 0 aliphatic carbocycles. The molecule has 7 heteroatoms. The van der Waals surface area contributed by atoms with Crippen molar-refractivity contribution in [3.8, 4) is 5.75 Å². The van der Waals surface area contributed by atoms with Crippen LogP contribution in [0.4, 0.5) is 5.69 Å². The van der Waals surface area contributed by atoms with E-state index in [9.17, 15) is 14.7 Å². The van der Waals surface area contributed by atoms with Crippen LogP contribution in [0.2, 0.25) is 0 Å². The number of carbonyl (C=O) groups is 1. The summed E-state index contributed by atoms with van der Waals surface area (Å²) in [5, 5.41) is 11.6. The third-order valence-electron chi connectivity index (χ3n) is 4.59. The Labute approximate surface area is 170 Å². The van der Waals surface area contributed by atoms with Crippen LogP contribution in [0.3, 0.4) is 0 Å². The molecule has 0 atom stereocenters. The van der Waals surface area contributed by atoms with Gasteiger partial charge in [-0.15, -0.1) is 11.3 Å². The highest BCUT2D eigenvalue weighted by Crippen LogP contribution is 2.30. The molecule has 0 amide bonds. The van der Waals surface area contributed by atoms with Gasteiger partial charge in [-0.2, -0.15) is 0 Å². The van der Waals surface area contributed by atoms with Crippen LogP contribution in [0.25, 0.3) is 10.2 Å². The van der Waals surface area contributed by atoms with Crippen LogP contribution in [0.15, 0.2) is 70.8 Å². The van der Waals surface area contributed by atoms with Gasteiger partial charge in [0.15, 0.2) is 0 Å². The number of carboxylic acids is 1.